The lowest BCUT2D eigenvalue weighted by Crippen LogP contribution is -2.39. The molecule has 0 radical (unpaired) electrons. The van der Waals surface area contributed by atoms with Crippen molar-refractivity contribution in [1.82, 2.24) is 14.9 Å². The van der Waals surface area contributed by atoms with E-state index in [4.69, 9.17) is 4.74 Å². The fourth-order valence-electron chi connectivity index (χ4n) is 2.49. The number of anilines is 1. The molecule has 19 heavy (non-hydrogen) atoms. The summed E-state index contributed by atoms with van der Waals surface area (Å²) in [7, 11) is 1.49. The Morgan fingerprint density at radius 3 is 2.89 bits per heavy atom. The van der Waals surface area contributed by atoms with Crippen LogP contribution in [0, 0.1) is 0 Å². The number of nitrogens with one attached hydrogen (secondary N) is 2. The highest BCUT2D eigenvalue weighted by Crippen LogP contribution is 2.20. The average molecular weight is 266 g/mol. The largest absolute Gasteiger partial charge is 0.489 e. The zero-order chi connectivity index (χ0) is 13.7. The molecule has 2 N–H and O–H groups in total. The Hall–Kier alpha value is -1.56. The van der Waals surface area contributed by atoms with Gasteiger partial charge < -0.3 is 19.9 Å². The van der Waals surface area contributed by atoms with E-state index in [-0.39, 0.29) is 11.3 Å². The number of ether oxygens (including phenoxy) is 1. The van der Waals surface area contributed by atoms with E-state index in [9.17, 15) is 4.79 Å². The molecule has 1 aromatic rings. The highest BCUT2D eigenvalue weighted by Gasteiger charge is 2.20. The molecule has 0 aromatic carbocycles. The van der Waals surface area contributed by atoms with Gasteiger partial charge >= 0.3 is 0 Å². The summed E-state index contributed by atoms with van der Waals surface area (Å²) in [5.74, 6) is 0.804. The van der Waals surface area contributed by atoms with E-state index in [1.807, 2.05) is 0 Å². The Labute approximate surface area is 113 Å². The summed E-state index contributed by atoms with van der Waals surface area (Å²) in [5, 5.41) is 3.32. The lowest BCUT2D eigenvalue weighted by Gasteiger charge is -2.32. The first-order chi connectivity index (χ1) is 9.24. The summed E-state index contributed by atoms with van der Waals surface area (Å²) >= 11 is 0. The standard InChI is InChI=1S/C13H22N4O2/c1-3-6-17-7-4-10(5-8-17)16-12-11(19-2)13(18)15-9-14-12/h9-10H,3-8H2,1-2H3,(H2,14,15,16,18). The van der Waals surface area contributed by atoms with E-state index in [0.29, 0.717) is 11.9 Å². The van der Waals surface area contributed by atoms with Gasteiger partial charge in [0, 0.05) is 19.1 Å². The minimum Gasteiger partial charge on any atom is -0.489 e. The molecule has 0 atom stereocenters. The number of aromatic nitrogens is 2. The smallest absolute Gasteiger partial charge is 0.295 e. The van der Waals surface area contributed by atoms with Gasteiger partial charge in [-0.05, 0) is 25.8 Å². The third-order valence-corrected chi connectivity index (χ3v) is 3.48. The first-order valence-electron chi connectivity index (χ1n) is 6.85. The van der Waals surface area contributed by atoms with Crippen LogP contribution >= 0.6 is 0 Å². The molecule has 1 aliphatic heterocycles. The van der Waals surface area contributed by atoms with Crippen molar-refractivity contribution in [3.8, 4) is 5.75 Å². The van der Waals surface area contributed by atoms with Crippen LogP contribution in [0.5, 0.6) is 5.75 Å². The van der Waals surface area contributed by atoms with Gasteiger partial charge in [0.2, 0.25) is 5.75 Å². The van der Waals surface area contributed by atoms with Gasteiger partial charge in [-0.3, -0.25) is 4.79 Å². The summed E-state index contributed by atoms with van der Waals surface area (Å²) in [6.45, 7) is 5.56. The van der Waals surface area contributed by atoms with Crippen molar-refractivity contribution in [2.45, 2.75) is 32.2 Å². The minimum absolute atomic E-state index is 0.247. The Bertz CT molecular complexity index is 452. The van der Waals surface area contributed by atoms with Crippen molar-refractivity contribution in [3.05, 3.63) is 16.7 Å². The van der Waals surface area contributed by atoms with E-state index in [0.717, 1.165) is 25.9 Å². The number of piperidine rings is 1. The zero-order valence-electron chi connectivity index (χ0n) is 11.6. The molecule has 1 aromatic heterocycles. The van der Waals surface area contributed by atoms with Gasteiger partial charge in [0.1, 0.15) is 0 Å². The van der Waals surface area contributed by atoms with Gasteiger partial charge in [-0.2, -0.15) is 0 Å². The number of H-pyrrole nitrogens is 1. The summed E-state index contributed by atoms with van der Waals surface area (Å²) in [5.41, 5.74) is -0.247. The maximum absolute atomic E-state index is 11.6. The molecule has 0 unspecified atom stereocenters. The van der Waals surface area contributed by atoms with Gasteiger partial charge in [0.15, 0.2) is 5.82 Å². The fourth-order valence-corrected chi connectivity index (χ4v) is 2.49. The molecule has 0 aliphatic carbocycles. The molecule has 1 fully saturated rings. The van der Waals surface area contributed by atoms with E-state index in [2.05, 4.69) is 27.1 Å². The molecule has 1 saturated heterocycles. The molecule has 0 bridgehead atoms. The van der Waals surface area contributed by atoms with Crippen molar-refractivity contribution in [2.75, 3.05) is 32.1 Å². The molecule has 2 heterocycles. The Morgan fingerprint density at radius 1 is 1.53 bits per heavy atom. The number of hydrogen-bond acceptors (Lipinski definition) is 5. The van der Waals surface area contributed by atoms with Gasteiger partial charge in [-0.25, -0.2) is 4.98 Å². The second-order valence-electron chi connectivity index (χ2n) is 4.87. The van der Waals surface area contributed by atoms with E-state index < -0.39 is 0 Å². The third-order valence-electron chi connectivity index (χ3n) is 3.48. The van der Waals surface area contributed by atoms with Gasteiger partial charge in [-0.15, -0.1) is 0 Å². The van der Waals surface area contributed by atoms with Crippen LogP contribution in [0.1, 0.15) is 26.2 Å². The highest BCUT2D eigenvalue weighted by molar-refractivity contribution is 5.48. The highest BCUT2D eigenvalue weighted by atomic mass is 16.5. The van der Waals surface area contributed by atoms with Crippen molar-refractivity contribution >= 4 is 5.82 Å². The number of likely N-dealkylation sites (tertiary alicyclic amines) is 1. The third kappa shape index (κ3) is 3.47. The molecule has 0 amide bonds. The molecule has 0 saturated carbocycles. The number of hydrogen-bond donors (Lipinski definition) is 2. The molecule has 2 rings (SSSR count). The Morgan fingerprint density at radius 2 is 2.26 bits per heavy atom. The van der Waals surface area contributed by atoms with Crippen LogP contribution in [-0.2, 0) is 0 Å². The predicted molar refractivity (Wildman–Crippen MR) is 74.8 cm³/mol. The van der Waals surface area contributed by atoms with Crippen LogP contribution < -0.4 is 15.6 Å². The summed E-state index contributed by atoms with van der Waals surface area (Å²) in [6.07, 6.45) is 4.73. The number of rotatable bonds is 5. The quantitative estimate of drug-likeness (QED) is 0.834. The van der Waals surface area contributed by atoms with Crippen molar-refractivity contribution < 1.29 is 4.74 Å². The monoisotopic (exact) mass is 266 g/mol. The first-order valence-corrected chi connectivity index (χ1v) is 6.85. The maximum atomic E-state index is 11.6. The summed E-state index contributed by atoms with van der Waals surface area (Å²) < 4.78 is 5.10. The van der Waals surface area contributed by atoms with Crippen molar-refractivity contribution in [3.63, 3.8) is 0 Å². The van der Waals surface area contributed by atoms with Crippen LogP contribution in [0.2, 0.25) is 0 Å². The van der Waals surface area contributed by atoms with Crippen LogP contribution in [0.15, 0.2) is 11.1 Å². The zero-order valence-corrected chi connectivity index (χ0v) is 11.6. The molecule has 6 heteroatoms. The van der Waals surface area contributed by atoms with Crippen molar-refractivity contribution in [2.24, 2.45) is 0 Å². The average Bonchev–Trinajstić information content (AvgIpc) is 2.42. The molecule has 6 nitrogen and oxygen atoms in total. The molecule has 106 valence electrons. The molecular weight excluding hydrogens is 244 g/mol. The number of methoxy groups -OCH3 is 1. The van der Waals surface area contributed by atoms with Gasteiger partial charge in [-0.1, -0.05) is 6.92 Å². The SMILES string of the molecule is CCCN1CCC(Nc2nc[nH]c(=O)c2OC)CC1. The minimum atomic E-state index is -0.247. The lowest BCUT2D eigenvalue weighted by atomic mass is 10.0. The summed E-state index contributed by atoms with van der Waals surface area (Å²) in [4.78, 5) is 20.7. The van der Waals surface area contributed by atoms with Crippen LogP contribution in [0.3, 0.4) is 0 Å². The van der Waals surface area contributed by atoms with Crippen LogP contribution in [0.4, 0.5) is 5.82 Å². The predicted octanol–water partition coefficient (Wildman–Crippen LogP) is 1.06. The van der Waals surface area contributed by atoms with Crippen LogP contribution in [-0.4, -0.2) is 47.7 Å². The van der Waals surface area contributed by atoms with E-state index in [1.54, 1.807) is 0 Å². The molecule has 0 spiro atoms. The first kappa shape index (κ1) is 13.9. The number of aromatic amines is 1. The van der Waals surface area contributed by atoms with Gasteiger partial charge in [0.05, 0.1) is 13.4 Å². The fraction of sp³-hybridized carbons (Fsp3) is 0.692. The molecular formula is C13H22N4O2. The summed E-state index contributed by atoms with van der Waals surface area (Å²) in [6, 6.07) is 0.358. The lowest BCUT2D eigenvalue weighted by molar-refractivity contribution is 0.219. The van der Waals surface area contributed by atoms with Crippen molar-refractivity contribution in [1.29, 1.82) is 0 Å². The second kappa shape index (κ2) is 6.56. The number of nitrogens with zero attached hydrogens (tertiary/aromatic N) is 2. The Balaban J connectivity index is 1.96. The molecule has 1 aliphatic rings. The maximum Gasteiger partial charge on any atom is 0.295 e. The normalized spacial score (nSPS) is 17.4. The van der Waals surface area contributed by atoms with E-state index >= 15 is 0 Å². The second-order valence-corrected chi connectivity index (χ2v) is 4.87. The Kier molecular flexibility index (Phi) is 4.79. The topological polar surface area (TPSA) is 70.2 Å². The van der Waals surface area contributed by atoms with Crippen LogP contribution in [0.25, 0.3) is 0 Å². The van der Waals surface area contributed by atoms with E-state index in [1.165, 1.54) is 26.4 Å². The van der Waals surface area contributed by atoms with Gasteiger partial charge in [0.25, 0.3) is 5.56 Å².